The molecule has 1 saturated carbocycles. The van der Waals surface area contributed by atoms with Crippen molar-refractivity contribution in [3.63, 3.8) is 0 Å². The molecule has 1 fully saturated rings. The predicted molar refractivity (Wildman–Crippen MR) is 182 cm³/mol. The van der Waals surface area contributed by atoms with Crippen LogP contribution in [0.15, 0.2) is 40.8 Å². The summed E-state index contributed by atoms with van der Waals surface area (Å²) in [4.78, 5) is 28.9. The summed E-state index contributed by atoms with van der Waals surface area (Å²) in [6.07, 6.45) is 9.29. The fraction of sp³-hybridized carbons (Fsp3) is 0.622. The van der Waals surface area contributed by atoms with E-state index in [1.807, 2.05) is 19.2 Å². The Hall–Kier alpha value is -2.75. The number of amides is 1. The Morgan fingerprint density at radius 2 is 1.96 bits per heavy atom. The van der Waals surface area contributed by atoms with Gasteiger partial charge in [-0.1, -0.05) is 36.6 Å². The molecule has 0 radical (unpaired) electrons. The van der Waals surface area contributed by atoms with E-state index in [1.165, 1.54) is 23.8 Å². The number of hydrogen-bond donors (Lipinski definition) is 0. The molecule has 2 aliphatic carbocycles. The van der Waals surface area contributed by atoms with Crippen LogP contribution < -0.4 is 9.64 Å². The Morgan fingerprint density at radius 1 is 1.09 bits per heavy atom. The lowest BCUT2D eigenvalue weighted by atomic mass is 9.68. The van der Waals surface area contributed by atoms with E-state index in [1.54, 1.807) is 6.07 Å². The number of rotatable bonds is 6. The van der Waals surface area contributed by atoms with Gasteiger partial charge in [-0.25, -0.2) is 4.21 Å². The maximum atomic E-state index is 14.1. The number of ether oxygens (including phenoxy) is 3. The molecule has 46 heavy (non-hydrogen) atoms. The number of benzene rings is 2. The van der Waals surface area contributed by atoms with Gasteiger partial charge in [-0.3, -0.25) is 9.59 Å². The minimum Gasteiger partial charge on any atom is -0.490 e. The van der Waals surface area contributed by atoms with Crippen molar-refractivity contribution in [1.82, 2.24) is 0 Å². The Morgan fingerprint density at radius 3 is 2.74 bits per heavy atom. The third-order valence-electron chi connectivity index (χ3n) is 10.9. The second-order valence-corrected chi connectivity index (χ2v) is 16.5. The largest absolute Gasteiger partial charge is 0.490 e. The average molecular weight is 651 g/mol. The predicted octanol–water partition coefficient (Wildman–Crippen LogP) is 6.30. The van der Waals surface area contributed by atoms with Crippen molar-refractivity contribution in [1.29, 1.82) is 0 Å². The second-order valence-electron chi connectivity index (χ2n) is 14.1. The number of nitrogens with zero attached hydrogens (tertiary/aromatic N) is 2. The molecule has 0 N–H and O–H groups in total. The van der Waals surface area contributed by atoms with Gasteiger partial charge in [0.05, 0.1) is 40.5 Å². The number of carbonyl (C=O) groups is 2. The number of Topliss-reactive ketones (excluding diaryl/α,β-unsaturated/α-hetero) is 1. The van der Waals surface area contributed by atoms with Gasteiger partial charge in [-0.2, -0.15) is 4.36 Å². The van der Waals surface area contributed by atoms with Crippen molar-refractivity contribution >= 4 is 27.1 Å². The summed E-state index contributed by atoms with van der Waals surface area (Å²) < 4.78 is 36.2. The van der Waals surface area contributed by atoms with Crippen LogP contribution in [0.1, 0.15) is 84.8 Å². The summed E-state index contributed by atoms with van der Waals surface area (Å²) >= 11 is 0. The van der Waals surface area contributed by atoms with E-state index < -0.39 is 15.6 Å². The highest BCUT2D eigenvalue weighted by molar-refractivity contribution is 7.94. The van der Waals surface area contributed by atoms with Crippen LogP contribution in [0.4, 0.5) is 5.69 Å². The van der Waals surface area contributed by atoms with E-state index in [0.717, 1.165) is 75.9 Å². The molecule has 6 rings (SSSR count). The van der Waals surface area contributed by atoms with Crippen molar-refractivity contribution in [2.75, 3.05) is 56.9 Å². The van der Waals surface area contributed by atoms with Gasteiger partial charge >= 0.3 is 0 Å². The van der Waals surface area contributed by atoms with Crippen molar-refractivity contribution in [3.8, 4) is 5.75 Å². The minimum atomic E-state index is -3.08. The average Bonchev–Trinajstić information content (AvgIpc) is 3.17. The molecular weight excluding hydrogens is 600 g/mol. The lowest BCUT2D eigenvalue weighted by Gasteiger charge is -2.46. The normalized spacial score (nSPS) is 29.8. The molecule has 2 bridgehead atoms. The Bertz CT molecular complexity index is 1560. The Kier molecular flexibility index (Phi) is 10.2. The summed E-state index contributed by atoms with van der Waals surface area (Å²) in [5.74, 6) is 1.01. The highest BCUT2D eigenvalue weighted by atomic mass is 32.2. The van der Waals surface area contributed by atoms with Crippen molar-refractivity contribution in [2.24, 2.45) is 16.2 Å². The maximum absolute atomic E-state index is 14.1. The first-order chi connectivity index (χ1) is 22.2. The number of aryl methyl sites for hydroxylation is 2. The van der Waals surface area contributed by atoms with E-state index in [4.69, 9.17) is 14.2 Å². The summed E-state index contributed by atoms with van der Waals surface area (Å²) in [7, 11) is 0.288. The van der Waals surface area contributed by atoms with Crippen LogP contribution >= 0.6 is 0 Å². The quantitative estimate of drug-likeness (QED) is 0.362. The third-order valence-corrected chi connectivity index (χ3v) is 13.1. The SMILES string of the molecule is COCCC(=O)C[S@@]1(=O)=NC(=O)c2ccc3c(c2)N(C[C@@H]2CC[C@H]2[C@@H](OC)CCCCC1)C[C@@]1(CCCc2cc(C)ccc21)CO3. The van der Waals surface area contributed by atoms with Gasteiger partial charge in [0.2, 0.25) is 0 Å². The fourth-order valence-corrected chi connectivity index (χ4v) is 10.3. The second kappa shape index (κ2) is 14.2. The van der Waals surface area contributed by atoms with Crippen LogP contribution in [-0.4, -0.2) is 74.0 Å². The first-order valence-electron chi connectivity index (χ1n) is 17.1. The van der Waals surface area contributed by atoms with Crippen molar-refractivity contribution < 1.29 is 28.0 Å². The number of ketones is 1. The zero-order chi connectivity index (χ0) is 32.3. The van der Waals surface area contributed by atoms with Gasteiger partial charge in [0.1, 0.15) is 11.5 Å². The van der Waals surface area contributed by atoms with Crippen LogP contribution in [0.2, 0.25) is 0 Å². The van der Waals surface area contributed by atoms with E-state index in [0.29, 0.717) is 30.4 Å². The standard InChI is InChI=1S/C37H50N2O6S/c1-26-10-14-32-27(20-26)8-7-17-37(32)24-39-22-29-11-13-31(29)34(44-3)9-5-4-6-19-46(42,23-30(40)16-18-43-2)38-36(41)28-12-15-35(45-25-37)33(39)21-28/h10,12,14-15,20-21,29,31,34H,4-9,11,13,16-19,22-25H2,1-3H3/t29-,31+,34-,37-,46+/m0/s1. The molecule has 4 aliphatic rings. The lowest BCUT2D eigenvalue weighted by molar-refractivity contribution is -0.117. The molecule has 1 amide bonds. The molecule has 8 nitrogen and oxygen atoms in total. The molecule has 2 heterocycles. The highest BCUT2D eigenvalue weighted by Crippen LogP contribution is 2.47. The number of hydrogen-bond acceptors (Lipinski definition) is 7. The maximum Gasteiger partial charge on any atom is 0.285 e. The number of methoxy groups -OCH3 is 2. The van der Waals surface area contributed by atoms with Crippen LogP contribution in [0.25, 0.3) is 0 Å². The van der Waals surface area contributed by atoms with Crippen molar-refractivity contribution in [2.45, 2.75) is 82.7 Å². The minimum absolute atomic E-state index is 0.158. The summed E-state index contributed by atoms with van der Waals surface area (Å²) in [6.45, 7) is 4.66. The third kappa shape index (κ3) is 7.07. The van der Waals surface area contributed by atoms with Gasteiger partial charge in [0.15, 0.2) is 0 Å². The smallest absolute Gasteiger partial charge is 0.285 e. The molecule has 0 unspecified atom stereocenters. The molecule has 2 aromatic rings. The van der Waals surface area contributed by atoms with Crippen LogP contribution in [0.5, 0.6) is 5.75 Å². The fourth-order valence-electron chi connectivity index (χ4n) is 8.25. The van der Waals surface area contributed by atoms with Gasteiger partial charge in [-0.05, 0) is 93.0 Å². The van der Waals surface area contributed by atoms with Crippen molar-refractivity contribution in [3.05, 3.63) is 58.7 Å². The van der Waals surface area contributed by atoms with Gasteiger partial charge in [0, 0.05) is 50.5 Å². The lowest BCUT2D eigenvalue weighted by Crippen LogP contribution is -2.49. The molecule has 0 saturated heterocycles. The molecule has 2 aliphatic heterocycles. The van der Waals surface area contributed by atoms with E-state index in [2.05, 4.69) is 34.4 Å². The molecule has 0 aromatic heterocycles. The van der Waals surface area contributed by atoms with E-state index in [9.17, 15) is 13.8 Å². The zero-order valence-electron chi connectivity index (χ0n) is 27.8. The summed E-state index contributed by atoms with van der Waals surface area (Å²) in [5.41, 5.74) is 5.20. The zero-order valence-corrected chi connectivity index (χ0v) is 28.6. The first kappa shape index (κ1) is 33.2. The molecule has 2 aromatic carbocycles. The number of carbonyl (C=O) groups excluding carboxylic acids is 2. The molecular formula is C37H50N2O6S. The first-order valence-corrected chi connectivity index (χ1v) is 19.0. The van der Waals surface area contributed by atoms with Gasteiger partial charge < -0.3 is 19.1 Å². The highest BCUT2D eigenvalue weighted by Gasteiger charge is 2.44. The van der Waals surface area contributed by atoms with Gasteiger partial charge in [0.25, 0.3) is 5.91 Å². The Balaban J connectivity index is 1.40. The molecule has 9 heteroatoms. The molecule has 1 spiro atoms. The van der Waals surface area contributed by atoms with Crippen LogP contribution in [0, 0.1) is 18.8 Å². The Labute approximate surface area is 274 Å². The molecule has 250 valence electrons. The summed E-state index contributed by atoms with van der Waals surface area (Å²) in [5, 5.41) is 0. The van der Waals surface area contributed by atoms with Crippen LogP contribution in [0.3, 0.4) is 0 Å². The monoisotopic (exact) mass is 650 g/mol. The van der Waals surface area contributed by atoms with Gasteiger partial charge in [-0.15, -0.1) is 0 Å². The number of anilines is 1. The van der Waals surface area contributed by atoms with Crippen LogP contribution in [-0.2, 0) is 35.8 Å². The topological polar surface area (TPSA) is 94.5 Å². The van der Waals surface area contributed by atoms with E-state index in [-0.39, 0.29) is 41.8 Å². The molecule has 5 atom stereocenters. The summed E-state index contributed by atoms with van der Waals surface area (Å²) in [6, 6.07) is 12.4. The number of fused-ring (bicyclic) bond motifs is 4. The van der Waals surface area contributed by atoms with E-state index >= 15 is 0 Å².